The number of amides is 1. The van der Waals surface area contributed by atoms with Crippen LogP contribution in [-0.4, -0.2) is 44.9 Å². The predicted molar refractivity (Wildman–Crippen MR) is 90.9 cm³/mol. The largest absolute Gasteiger partial charge is 0.376 e. The highest BCUT2D eigenvalue weighted by molar-refractivity contribution is 5.95. The minimum absolute atomic E-state index is 0.0458. The van der Waals surface area contributed by atoms with E-state index in [4.69, 9.17) is 9.47 Å². The first-order chi connectivity index (χ1) is 11.7. The fourth-order valence-electron chi connectivity index (χ4n) is 3.26. The predicted octanol–water partition coefficient (Wildman–Crippen LogP) is 2.95. The van der Waals surface area contributed by atoms with E-state index in [1.807, 2.05) is 0 Å². The van der Waals surface area contributed by atoms with Gasteiger partial charge in [-0.15, -0.1) is 0 Å². The van der Waals surface area contributed by atoms with Crippen molar-refractivity contribution in [3.05, 3.63) is 24.0 Å². The van der Waals surface area contributed by atoms with E-state index in [1.165, 1.54) is 18.6 Å². The van der Waals surface area contributed by atoms with Gasteiger partial charge in [-0.3, -0.25) is 4.79 Å². The number of carbonyl (C=O) groups excluding carboxylic acids is 1. The molecule has 0 saturated carbocycles. The molecule has 6 heteroatoms. The minimum atomic E-state index is -0.355. The highest BCUT2D eigenvalue weighted by atomic mass is 19.1. The zero-order chi connectivity index (χ0) is 16.8. The summed E-state index contributed by atoms with van der Waals surface area (Å²) in [6, 6.07) is 4.55. The molecule has 2 aliphatic heterocycles. The number of nitrogens with one attached hydrogen (secondary N) is 1. The highest BCUT2D eigenvalue weighted by Gasteiger charge is 2.18. The number of ether oxygens (including phenoxy) is 2. The Morgan fingerprint density at radius 3 is 2.88 bits per heavy atom. The van der Waals surface area contributed by atoms with Crippen molar-refractivity contribution in [2.24, 2.45) is 0 Å². The van der Waals surface area contributed by atoms with Gasteiger partial charge in [-0.1, -0.05) is 0 Å². The normalized spacial score (nSPS) is 21.0. The van der Waals surface area contributed by atoms with Crippen LogP contribution in [0, 0.1) is 5.82 Å². The van der Waals surface area contributed by atoms with Gasteiger partial charge in [0, 0.05) is 19.7 Å². The quantitative estimate of drug-likeness (QED) is 0.868. The number of anilines is 2. The molecule has 0 bridgehead atoms. The number of rotatable bonds is 6. The van der Waals surface area contributed by atoms with E-state index in [0.717, 1.165) is 51.1 Å². The van der Waals surface area contributed by atoms with Crippen LogP contribution in [0.25, 0.3) is 0 Å². The standard InChI is InChI=1S/C18H25FN2O3/c19-14-6-7-17(21-8-2-1-3-9-21)16(11-14)20-18(22)13-23-12-15-5-4-10-24-15/h6-7,11,15H,1-5,8-10,12-13H2,(H,20,22)/t15-/m0/s1. The maximum absolute atomic E-state index is 13.6. The maximum atomic E-state index is 13.6. The zero-order valence-electron chi connectivity index (χ0n) is 13.9. The summed E-state index contributed by atoms with van der Waals surface area (Å²) in [6.07, 6.45) is 5.57. The topological polar surface area (TPSA) is 50.8 Å². The van der Waals surface area contributed by atoms with Crippen LogP contribution in [0.4, 0.5) is 15.8 Å². The van der Waals surface area contributed by atoms with Gasteiger partial charge in [-0.2, -0.15) is 0 Å². The second kappa shape index (κ2) is 8.44. The summed E-state index contributed by atoms with van der Waals surface area (Å²) in [7, 11) is 0. The Bertz CT molecular complexity index is 555. The van der Waals surface area contributed by atoms with Crippen LogP contribution in [0.3, 0.4) is 0 Å². The Morgan fingerprint density at radius 1 is 1.29 bits per heavy atom. The van der Waals surface area contributed by atoms with E-state index >= 15 is 0 Å². The van der Waals surface area contributed by atoms with E-state index in [-0.39, 0.29) is 24.4 Å². The second-order valence-electron chi connectivity index (χ2n) is 6.41. The van der Waals surface area contributed by atoms with E-state index in [2.05, 4.69) is 10.2 Å². The molecule has 2 aliphatic rings. The Labute approximate surface area is 142 Å². The van der Waals surface area contributed by atoms with Crippen LogP contribution < -0.4 is 10.2 Å². The Hall–Kier alpha value is -1.66. The molecule has 2 fully saturated rings. The first kappa shape index (κ1) is 17.2. The van der Waals surface area contributed by atoms with E-state index < -0.39 is 0 Å². The Morgan fingerprint density at radius 2 is 2.12 bits per heavy atom. The van der Waals surface area contributed by atoms with Crippen molar-refractivity contribution in [2.75, 3.05) is 43.1 Å². The van der Waals surface area contributed by atoms with Gasteiger partial charge < -0.3 is 19.7 Å². The first-order valence-corrected chi connectivity index (χ1v) is 8.76. The fourth-order valence-corrected chi connectivity index (χ4v) is 3.26. The molecule has 1 atom stereocenters. The number of benzene rings is 1. The highest BCUT2D eigenvalue weighted by Crippen LogP contribution is 2.29. The molecule has 132 valence electrons. The SMILES string of the molecule is O=C(COC[C@@H]1CCCO1)Nc1cc(F)ccc1N1CCCCC1. The molecule has 24 heavy (non-hydrogen) atoms. The number of hydrogen-bond acceptors (Lipinski definition) is 4. The lowest BCUT2D eigenvalue weighted by atomic mass is 10.1. The number of halogens is 1. The van der Waals surface area contributed by atoms with Gasteiger partial charge >= 0.3 is 0 Å². The molecule has 1 aromatic carbocycles. The van der Waals surface area contributed by atoms with Crippen LogP contribution >= 0.6 is 0 Å². The van der Waals surface area contributed by atoms with Crippen molar-refractivity contribution in [1.29, 1.82) is 0 Å². The molecule has 5 nitrogen and oxygen atoms in total. The summed E-state index contributed by atoms with van der Waals surface area (Å²) in [6.45, 7) is 3.02. The Kier molecular flexibility index (Phi) is 6.04. The molecule has 0 spiro atoms. The molecule has 0 unspecified atom stereocenters. The van der Waals surface area contributed by atoms with E-state index in [0.29, 0.717) is 12.3 Å². The molecule has 1 aromatic rings. The third kappa shape index (κ3) is 4.68. The van der Waals surface area contributed by atoms with Crippen LogP contribution in [0.15, 0.2) is 18.2 Å². The summed E-state index contributed by atoms with van der Waals surface area (Å²) in [5.41, 5.74) is 1.39. The monoisotopic (exact) mass is 336 g/mol. The Balaban J connectivity index is 1.56. The first-order valence-electron chi connectivity index (χ1n) is 8.76. The second-order valence-corrected chi connectivity index (χ2v) is 6.41. The molecule has 0 aliphatic carbocycles. The van der Waals surface area contributed by atoms with Crippen LogP contribution in [0.5, 0.6) is 0 Å². The third-order valence-corrected chi connectivity index (χ3v) is 4.49. The molecule has 0 aromatic heterocycles. The van der Waals surface area contributed by atoms with Crippen molar-refractivity contribution in [1.82, 2.24) is 0 Å². The van der Waals surface area contributed by atoms with Crippen LogP contribution in [0.2, 0.25) is 0 Å². The lowest BCUT2D eigenvalue weighted by Gasteiger charge is -2.30. The number of carbonyl (C=O) groups is 1. The third-order valence-electron chi connectivity index (χ3n) is 4.49. The number of piperidine rings is 1. The van der Waals surface area contributed by atoms with Crippen LogP contribution in [0.1, 0.15) is 32.1 Å². The molecule has 1 amide bonds. The fraction of sp³-hybridized carbons (Fsp3) is 0.611. The molecule has 2 heterocycles. The summed E-state index contributed by atoms with van der Waals surface area (Å²) in [5, 5.41) is 2.79. The lowest BCUT2D eigenvalue weighted by Crippen LogP contribution is -2.31. The van der Waals surface area contributed by atoms with E-state index in [9.17, 15) is 9.18 Å². The zero-order valence-corrected chi connectivity index (χ0v) is 13.9. The number of hydrogen-bond donors (Lipinski definition) is 1. The van der Waals surface area contributed by atoms with Gasteiger partial charge in [-0.05, 0) is 50.3 Å². The minimum Gasteiger partial charge on any atom is -0.376 e. The van der Waals surface area contributed by atoms with Gasteiger partial charge in [0.15, 0.2) is 0 Å². The average Bonchev–Trinajstić information content (AvgIpc) is 3.09. The van der Waals surface area contributed by atoms with Crippen LogP contribution in [-0.2, 0) is 14.3 Å². The van der Waals surface area contributed by atoms with Crippen molar-refractivity contribution in [3.8, 4) is 0 Å². The summed E-state index contributed by atoms with van der Waals surface area (Å²) >= 11 is 0. The molecule has 1 N–H and O–H groups in total. The molecule has 2 saturated heterocycles. The molecule has 0 radical (unpaired) electrons. The molecular formula is C18H25FN2O3. The van der Waals surface area contributed by atoms with Gasteiger partial charge in [-0.25, -0.2) is 4.39 Å². The van der Waals surface area contributed by atoms with Crippen molar-refractivity contribution >= 4 is 17.3 Å². The van der Waals surface area contributed by atoms with Gasteiger partial charge in [0.25, 0.3) is 0 Å². The van der Waals surface area contributed by atoms with Crippen molar-refractivity contribution in [2.45, 2.75) is 38.2 Å². The van der Waals surface area contributed by atoms with Gasteiger partial charge in [0.05, 0.1) is 24.1 Å². The van der Waals surface area contributed by atoms with Crippen molar-refractivity contribution in [3.63, 3.8) is 0 Å². The summed E-state index contributed by atoms with van der Waals surface area (Å²) < 4.78 is 24.5. The lowest BCUT2D eigenvalue weighted by molar-refractivity contribution is -0.121. The van der Waals surface area contributed by atoms with Gasteiger partial charge in [0.1, 0.15) is 12.4 Å². The van der Waals surface area contributed by atoms with E-state index in [1.54, 1.807) is 6.07 Å². The van der Waals surface area contributed by atoms with Crippen molar-refractivity contribution < 1.29 is 18.7 Å². The summed E-state index contributed by atoms with van der Waals surface area (Å²) in [4.78, 5) is 14.3. The summed E-state index contributed by atoms with van der Waals surface area (Å²) in [5.74, 6) is -0.622. The van der Waals surface area contributed by atoms with Gasteiger partial charge in [0.2, 0.25) is 5.91 Å². The maximum Gasteiger partial charge on any atom is 0.250 e. The molecule has 3 rings (SSSR count). The number of nitrogens with zero attached hydrogens (tertiary/aromatic N) is 1. The average molecular weight is 336 g/mol. The molecular weight excluding hydrogens is 311 g/mol. The smallest absolute Gasteiger partial charge is 0.250 e.